The van der Waals surface area contributed by atoms with Gasteiger partial charge in [-0.25, -0.2) is 4.79 Å². The fourth-order valence-electron chi connectivity index (χ4n) is 3.74. The second-order valence-corrected chi connectivity index (χ2v) is 7.76. The van der Waals surface area contributed by atoms with E-state index in [1.54, 1.807) is 44.4 Å². The minimum absolute atomic E-state index is 0.0811. The Bertz CT molecular complexity index is 931. The monoisotopic (exact) mass is 458 g/mol. The van der Waals surface area contributed by atoms with Crippen LogP contribution >= 0.6 is 0 Å². The van der Waals surface area contributed by atoms with Crippen molar-refractivity contribution in [2.75, 3.05) is 47.1 Å². The van der Waals surface area contributed by atoms with Crippen molar-refractivity contribution in [1.29, 1.82) is 0 Å². The van der Waals surface area contributed by atoms with Gasteiger partial charge in [-0.05, 0) is 43.5 Å². The van der Waals surface area contributed by atoms with Crippen molar-refractivity contribution in [1.82, 2.24) is 10.2 Å². The van der Waals surface area contributed by atoms with Gasteiger partial charge in [0.05, 0.1) is 31.0 Å². The third-order valence-corrected chi connectivity index (χ3v) is 5.53. The van der Waals surface area contributed by atoms with E-state index in [9.17, 15) is 14.4 Å². The molecule has 2 heterocycles. The first kappa shape index (κ1) is 24.5. The van der Waals surface area contributed by atoms with Crippen LogP contribution in [-0.4, -0.2) is 75.9 Å². The summed E-state index contributed by atoms with van der Waals surface area (Å²) in [6.07, 6.45) is 3.70. The number of methoxy groups -OCH3 is 2. The number of ether oxygens (including phenoxy) is 4. The lowest BCUT2D eigenvalue weighted by Gasteiger charge is -2.16. The van der Waals surface area contributed by atoms with Gasteiger partial charge < -0.3 is 29.2 Å². The molecule has 0 aliphatic carbocycles. The van der Waals surface area contributed by atoms with Gasteiger partial charge in [0.15, 0.2) is 6.61 Å². The second kappa shape index (κ2) is 11.6. The summed E-state index contributed by atoms with van der Waals surface area (Å²) < 4.78 is 21.0. The molecule has 1 aromatic carbocycles. The van der Waals surface area contributed by atoms with E-state index in [0.29, 0.717) is 36.7 Å². The maximum absolute atomic E-state index is 12.9. The van der Waals surface area contributed by atoms with E-state index in [0.717, 1.165) is 19.4 Å². The van der Waals surface area contributed by atoms with Crippen molar-refractivity contribution in [2.24, 2.45) is 0 Å². The molecule has 1 aromatic rings. The Hall–Kier alpha value is -3.17. The zero-order valence-electron chi connectivity index (χ0n) is 19.2. The van der Waals surface area contributed by atoms with E-state index < -0.39 is 5.97 Å². The van der Waals surface area contributed by atoms with E-state index in [2.05, 4.69) is 5.32 Å². The molecule has 0 unspecified atom stereocenters. The van der Waals surface area contributed by atoms with E-state index in [1.807, 2.05) is 0 Å². The molecule has 0 spiro atoms. The lowest BCUT2D eigenvalue weighted by molar-refractivity contribution is -0.136. The first-order valence-corrected chi connectivity index (χ1v) is 10.9. The van der Waals surface area contributed by atoms with Gasteiger partial charge in [-0.1, -0.05) is 12.1 Å². The number of esters is 1. The zero-order valence-corrected chi connectivity index (χ0v) is 19.2. The Morgan fingerprint density at radius 3 is 2.64 bits per heavy atom. The van der Waals surface area contributed by atoms with Gasteiger partial charge in [-0.15, -0.1) is 0 Å². The van der Waals surface area contributed by atoms with Crippen molar-refractivity contribution >= 4 is 23.9 Å². The lowest BCUT2D eigenvalue weighted by atomic mass is 10.0. The number of hydrogen-bond acceptors (Lipinski definition) is 7. The molecule has 33 heavy (non-hydrogen) atoms. The average Bonchev–Trinajstić information content (AvgIpc) is 3.42. The van der Waals surface area contributed by atoms with Crippen LogP contribution in [0.25, 0.3) is 6.08 Å². The van der Waals surface area contributed by atoms with Crippen LogP contribution in [0.1, 0.15) is 25.3 Å². The number of amides is 2. The van der Waals surface area contributed by atoms with Crippen LogP contribution in [0.5, 0.6) is 5.75 Å². The predicted octanol–water partition coefficient (Wildman–Crippen LogP) is 1.68. The van der Waals surface area contributed by atoms with Gasteiger partial charge in [-0.3, -0.25) is 9.59 Å². The van der Waals surface area contributed by atoms with Crippen molar-refractivity contribution in [3.05, 3.63) is 46.7 Å². The lowest BCUT2D eigenvalue weighted by Crippen LogP contribution is -2.35. The minimum atomic E-state index is -0.569. The second-order valence-electron chi connectivity index (χ2n) is 7.76. The molecule has 1 N–H and O–H groups in total. The first-order chi connectivity index (χ1) is 15.9. The average molecular weight is 459 g/mol. The highest BCUT2D eigenvalue weighted by molar-refractivity contribution is 6.16. The van der Waals surface area contributed by atoms with Gasteiger partial charge >= 0.3 is 5.97 Å². The smallest absolute Gasteiger partial charge is 0.340 e. The summed E-state index contributed by atoms with van der Waals surface area (Å²) >= 11 is 0. The van der Waals surface area contributed by atoms with Gasteiger partial charge in [0.1, 0.15) is 5.75 Å². The van der Waals surface area contributed by atoms with Crippen LogP contribution in [0.2, 0.25) is 0 Å². The summed E-state index contributed by atoms with van der Waals surface area (Å²) in [5.74, 6) is -0.550. The summed E-state index contributed by atoms with van der Waals surface area (Å²) in [6.45, 7) is 3.52. The molecular formula is C24H30N2O7. The van der Waals surface area contributed by atoms with Crippen molar-refractivity contribution in [3.63, 3.8) is 0 Å². The van der Waals surface area contributed by atoms with Gasteiger partial charge in [-0.2, -0.15) is 0 Å². The van der Waals surface area contributed by atoms with Crippen molar-refractivity contribution < 1.29 is 33.3 Å². The highest BCUT2D eigenvalue weighted by atomic mass is 16.5. The SMILES string of the molecule is COCCN1C(=O)/C(=C\c2ccc(OCC(=O)NC[C@H]3CCCO3)cc2)C(C(=O)OC)=C1C. The maximum atomic E-state index is 12.9. The first-order valence-electron chi connectivity index (χ1n) is 10.9. The molecule has 0 saturated carbocycles. The van der Waals surface area contributed by atoms with Crippen LogP contribution < -0.4 is 10.1 Å². The van der Waals surface area contributed by atoms with Crippen LogP contribution in [0.15, 0.2) is 41.1 Å². The number of hydrogen-bond donors (Lipinski definition) is 1. The molecule has 0 radical (unpaired) electrons. The van der Waals surface area contributed by atoms with Crippen LogP contribution in [0.4, 0.5) is 0 Å². The molecule has 1 saturated heterocycles. The summed E-state index contributed by atoms with van der Waals surface area (Å²) in [6, 6.07) is 6.91. The largest absolute Gasteiger partial charge is 0.484 e. The molecule has 0 bridgehead atoms. The number of nitrogens with one attached hydrogen (secondary N) is 1. The quantitative estimate of drug-likeness (QED) is 0.420. The molecule has 178 valence electrons. The molecule has 3 rings (SSSR count). The molecule has 2 amide bonds. The number of rotatable bonds is 10. The zero-order chi connectivity index (χ0) is 23.8. The van der Waals surface area contributed by atoms with Crippen LogP contribution in [0.3, 0.4) is 0 Å². The summed E-state index contributed by atoms with van der Waals surface area (Å²) in [7, 11) is 2.83. The minimum Gasteiger partial charge on any atom is -0.484 e. The predicted molar refractivity (Wildman–Crippen MR) is 120 cm³/mol. The highest BCUT2D eigenvalue weighted by Crippen LogP contribution is 2.31. The number of nitrogens with zero attached hydrogens (tertiary/aromatic N) is 1. The Kier molecular flexibility index (Phi) is 8.62. The number of carbonyl (C=O) groups is 3. The molecule has 1 fully saturated rings. The third kappa shape index (κ3) is 6.21. The summed E-state index contributed by atoms with van der Waals surface area (Å²) in [5, 5.41) is 2.80. The molecule has 2 aliphatic rings. The Labute approximate surface area is 193 Å². The molecule has 0 aromatic heterocycles. The van der Waals surface area contributed by atoms with E-state index in [-0.39, 0.29) is 35.7 Å². The molecule has 9 heteroatoms. The Balaban J connectivity index is 1.64. The van der Waals surface area contributed by atoms with E-state index in [4.69, 9.17) is 18.9 Å². The normalized spacial score (nSPS) is 19.4. The van der Waals surface area contributed by atoms with Crippen molar-refractivity contribution in [2.45, 2.75) is 25.9 Å². The van der Waals surface area contributed by atoms with Crippen molar-refractivity contribution in [3.8, 4) is 5.75 Å². The molecule has 1 atom stereocenters. The van der Waals surface area contributed by atoms with Crippen LogP contribution in [0, 0.1) is 0 Å². The maximum Gasteiger partial charge on any atom is 0.340 e. The van der Waals surface area contributed by atoms with E-state index >= 15 is 0 Å². The highest BCUT2D eigenvalue weighted by Gasteiger charge is 2.36. The summed E-state index contributed by atoms with van der Waals surface area (Å²) in [5.41, 5.74) is 1.74. The summed E-state index contributed by atoms with van der Waals surface area (Å²) in [4.78, 5) is 38.7. The Morgan fingerprint density at radius 1 is 1.24 bits per heavy atom. The topological polar surface area (TPSA) is 103 Å². The van der Waals surface area contributed by atoms with Gasteiger partial charge in [0.25, 0.3) is 11.8 Å². The third-order valence-electron chi connectivity index (χ3n) is 5.53. The number of benzene rings is 1. The molecular weight excluding hydrogens is 428 g/mol. The Morgan fingerprint density at radius 2 is 2.00 bits per heavy atom. The van der Waals surface area contributed by atoms with Crippen LogP contribution in [-0.2, 0) is 28.6 Å². The number of carbonyl (C=O) groups excluding carboxylic acids is 3. The number of allylic oxidation sites excluding steroid dienone is 1. The van der Waals surface area contributed by atoms with E-state index in [1.165, 1.54) is 12.0 Å². The molecule has 9 nitrogen and oxygen atoms in total. The standard InChI is InChI=1S/C24H30N2O7/c1-16-22(24(29)31-3)20(23(28)26(16)10-12-30-2)13-17-6-8-18(9-7-17)33-15-21(27)25-14-19-5-4-11-32-19/h6-9,13,19H,4-5,10-12,14-15H2,1-3H3,(H,25,27)/b20-13-/t19-/m1/s1. The fourth-order valence-corrected chi connectivity index (χ4v) is 3.74. The molecule has 2 aliphatic heterocycles. The van der Waals surface area contributed by atoms with Gasteiger partial charge in [0, 0.05) is 32.5 Å². The fraction of sp³-hybridized carbons (Fsp3) is 0.458. The van der Waals surface area contributed by atoms with Gasteiger partial charge in [0.2, 0.25) is 0 Å².